The van der Waals surface area contributed by atoms with Crippen LogP contribution in [0.3, 0.4) is 0 Å². The van der Waals surface area contributed by atoms with Gasteiger partial charge in [-0.1, -0.05) is 31.5 Å². The van der Waals surface area contributed by atoms with Gasteiger partial charge in [0.05, 0.1) is 34.7 Å². The highest BCUT2D eigenvalue weighted by atomic mass is 35.5. The van der Waals surface area contributed by atoms with Crippen molar-refractivity contribution in [3.05, 3.63) is 52.5 Å². The number of ether oxygens (including phenoxy) is 2. The predicted molar refractivity (Wildman–Crippen MR) is 118 cm³/mol. The molecule has 0 aliphatic rings. The van der Waals surface area contributed by atoms with Crippen molar-refractivity contribution in [2.24, 2.45) is 5.92 Å². The lowest BCUT2D eigenvalue weighted by atomic mass is 9.95. The Labute approximate surface area is 183 Å². The van der Waals surface area contributed by atoms with Gasteiger partial charge in [-0.15, -0.1) is 0 Å². The molecule has 8 heteroatoms. The van der Waals surface area contributed by atoms with Crippen molar-refractivity contribution >= 4 is 27.3 Å². The summed E-state index contributed by atoms with van der Waals surface area (Å²) >= 11 is 6.18. The summed E-state index contributed by atoms with van der Waals surface area (Å²) in [5.74, 6) is 0.851. The Balaban J connectivity index is 2.39. The first-order valence-corrected chi connectivity index (χ1v) is 12.0. The molecule has 0 heterocycles. The quantitative estimate of drug-likeness (QED) is 0.596. The molecule has 0 bridgehead atoms. The van der Waals surface area contributed by atoms with E-state index >= 15 is 0 Å². The molecule has 1 unspecified atom stereocenters. The average molecular weight is 454 g/mol. The van der Waals surface area contributed by atoms with E-state index in [0.29, 0.717) is 24.7 Å². The van der Waals surface area contributed by atoms with Gasteiger partial charge in [-0.3, -0.25) is 4.79 Å². The summed E-state index contributed by atoms with van der Waals surface area (Å²) in [6.07, 6.45) is 1.09. The minimum Gasteiger partial charge on any atom is -0.490 e. The van der Waals surface area contributed by atoms with Crippen LogP contribution >= 0.6 is 11.6 Å². The van der Waals surface area contributed by atoms with Crippen LogP contribution < -0.4 is 14.8 Å². The Kier molecular flexibility index (Phi) is 8.15. The van der Waals surface area contributed by atoms with Crippen LogP contribution in [0.1, 0.15) is 49.7 Å². The number of amides is 1. The Morgan fingerprint density at radius 1 is 1.03 bits per heavy atom. The summed E-state index contributed by atoms with van der Waals surface area (Å²) in [5.41, 5.74) is 0.960. The predicted octanol–water partition coefficient (Wildman–Crippen LogP) is 4.67. The Morgan fingerprint density at radius 2 is 1.67 bits per heavy atom. The molecule has 0 aliphatic heterocycles. The number of hydrogen-bond donors (Lipinski definition) is 1. The third-order valence-electron chi connectivity index (χ3n) is 4.49. The van der Waals surface area contributed by atoms with Crippen LogP contribution in [0, 0.1) is 5.92 Å². The van der Waals surface area contributed by atoms with E-state index in [2.05, 4.69) is 5.32 Å². The van der Waals surface area contributed by atoms with Crippen molar-refractivity contribution < 1.29 is 22.7 Å². The number of halogens is 1. The molecule has 0 aromatic heterocycles. The van der Waals surface area contributed by atoms with Gasteiger partial charge in [-0.25, -0.2) is 8.42 Å². The molecule has 0 radical (unpaired) electrons. The SMILES string of the molecule is CCOc1ccc(C(NC(=O)c2cc(S(C)(=O)=O)ccc2Cl)C(C)C)cc1OCC. The topological polar surface area (TPSA) is 81.7 Å². The van der Waals surface area contributed by atoms with Crippen molar-refractivity contribution in [2.75, 3.05) is 19.5 Å². The van der Waals surface area contributed by atoms with E-state index in [-0.39, 0.29) is 27.4 Å². The summed E-state index contributed by atoms with van der Waals surface area (Å²) in [6.45, 7) is 8.75. The molecule has 1 amide bonds. The van der Waals surface area contributed by atoms with Gasteiger partial charge in [0.15, 0.2) is 21.3 Å². The maximum atomic E-state index is 13.0. The van der Waals surface area contributed by atoms with Crippen molar-refractivity contribution in [1.29, 1.82) is 0 Å². The first kappa shape index (κ1) is 24.0. The van der Waals surface area contributed by atoms with Crippen LogP contribution in [0.4, 0.5) is 0 Å². The molecule has 1 N–H and O–H groups in total. The van der Waals surface area contributed by atoms with Gasteiger partial charge in [0.2, 0.25) is 0 Å². The highest BCUT2D eigenvalue weighted by Crippen LogP contribution is 2.33. The maximum absolute atomic E-state index is 13.0. The van der Waals surface area contributed by atoms with E-state index in [4.69, 9.17) is 21.1 Å². The first-order valence-electron chi connectivity index (χ1n) is 9.78. The van der Waals surface area contributed by atoms with Gasteiger partial charge in [-0.2, -0.15) is 0 Å². The van der Waals surface area contributed by atoms with Crippen LogP contribution in [-0.4, -0.2) is 33.8 Å². The molecule has 2 aromatic carbocycles. The second-order valence-electron chi connectivity index (χ2n) is 7.18. The molecule has 2 aromatic rings. The van der Waals surface area contributed by atoms with Crippen molar-refractivity contribution in [3.63, 3.8) is 0 Å². The Hall–Kier alpha value is -2.25. The molecular weight excluding hydrogens is 426 g/mol. The largest absolute Gasteiger partial charge is 0.490 e. The second kappa shape index (κ2) is 10.2. The van der Waals surface area contributed by atoms with Gasteiger partial charge in [-0.05, 0) is 55.7 Å². The van der Waals surface area contributed by atoms with Crippen molar-refractivity contribution in [2.45, 2.75) is 38.6 Å². The fourth-order valence-electron chi connectivity index (χ4n) is 3.02. The van der Waals surface area contributed by atoms with Gasteiger partial charge in [0, 0.05) is 6.26 Å². The number of benzene rings is 2. The molecule has 0 saturated heterocycles. The molecule has 0 fully saturated rings. The number of carbonyl (C=O) groups excluding carboxylic acids is 1. The third kappa shape index (κ3) is 5.89. The Bertz CT molecular complexity index is 1000. The molecule has 2 rings (SSSR count). The maximum Gasteiger partial charge on any atom is 0.253 e. The Morgan fingerprint density at radius 3 is 2.23 bits per heavy atom. The summed E-state index contributed by atoms with van der Waals surface area (Å²) < 4.78 is 35.0. The highest BCUT2D eigenvalue weighted by Gasteiger charge is 2.23. The fourth-order valence-corrected chi connectivity index (χ4v) is 3.87. The zero-order chi connectivity index (χ0) is 22.5. The number of hydrogen-bond acceptors (Lipinski definition) is 5. The van der Waals surface area contributed by atoms with Crippen molar-refractivity contribution in [3.8, 4) is 11.5 Å². The lowest BCUT2D eigenvalue weighted by molar-refractivity contribution is 0.0925. The fraction of sp³-hybridized carbons (Fsp3) is 0.409. The third-order valence-corrected chi connectivity index (χ3v) is 5.93. The number of carbonyl (C=O) groups is 1. The lowest BCUT2D eigenvalue weighted by Gasteiger charge is -2.24. The molecule has 164 valence electrons. The monoisotopic (exact) mass is 453 g/mol. The zero-order valence-electron chi connectivity index (χ0n) is 17.9. The van der Waals surface area contributed by atoms with Crippen molar-refractivity contribution in [1.82, 2.24) is 5.32 Å². The molecular formula is C22H28ClNO5S. The van der Waals surface area contributed by atoms with E-state index in [9.17, 15) is 13.2 Å². The van der Waals surface area contributed by atoms with Gasteiger partial charge in [0.25, 0.3) is 5.91 Å². The number of nitrogens with one attached hydrogen (secondary N) is 1. The summed E-state index contributed by atoms with van der Waals surface area (Å²) in [7, 11) is -3.46. The van der Waals surface area contributed by atoms with E-state index in [1.807, 2.05) is 45.9 Å². The van der Waals surface area contributed by atoms with Crippen LogP contribution in [0.25, 0.3) is 0 Å². The van der Waals surface area contributed by atoms with E-state index in [1.54, 1.807) is 0 Å². The smallest absolute Gasteiger partial charge is 0.253 e. The molecule has 0 spiro atoms. The van der Waals surface area contributed by atoms with Gasteiger partial charge < -0.3 is 14.8 Å². The highest BCUT2D eigenvalue weighted by molar-refractivity contribution is 7.90. The van der Waals surface area contributed by atoms with Gasteiger partial charge >= 0.3 is 0 Å². The van der Waals surface area contributed by atoms with Crippen LogP contribution in [-0.2, 0) is 9.84 Å². The van der Waals surface area contributed by atoms with Crippen LogP contribution in [0.2, 0.25) is 5.02 Å². The minimum absolute atomic E-state index is 0.0397. The van der Waals surface area contributed by atoms with E-state index < -0.39 is 15.7 Å². The van der Waals surface area contributed by atoms with Crippen LogP contribution in [0.5, 0.6) is 11.5 Å². The standard InChI is InChI=1S/C22H28ClNO5S/c1-6-28-19-11-8-15(12-20(19)29-7-2)21(14(3)4)24-22(25)17-13-16(30(5,26)27)9-10-18(17)23/h8-14,21H,6-7H2,1-5H3,(H,24,25). The molecule has 0 aliphatic carbocycles. The molecule has 6 nitrogen and oxygen atoms in total. The second-order valence-corrected chi connectivity index (χ2v) is 9.60. The number of sulfone groups is 1. The molecule has 0 saturated carbocycles. The van der Waals surface area contributed by atoms with Gasteiger partial charge in [0.1, 0.15) is 0 Å². The minimum atomic E-state index is -3.46. The summed E-state index contributed by atoms with van der Waals surface area (Å²) in [5, 5.41) is 3.16. The summed E-state index contributed by atoms with van der Waals surface area (Å²) in [4.78, 5) is 13.0. The lowest BCUT2D eigenvalue weighted by Crippen LogP contribution is -2.32. The van der Waals surface area contributed by atoms with Crippen LogP contribution in [0.15, 0.2) is 41.3 Å². The molecule has 1 atom stereocenters. The number of rotatable bonds is 9. The van der Waals surface area contributed by atoms with E-state index in [0.717, 1.165) is 11.8 Å². The average Bonchev–Trinajstić information content (AvgIpc) is 2.67. The first-order chi connectivity index (χ1) is 14.1. The normalized spacial score (nSPS) is 12.5. The molecule has 30 heavy (non-hydrogen) atoms. The zero-order valence-corrected chi connectivity index (χ0v) is 19.4. The van der Waals surface area contributed by atoms with E-state index in [1.165, 1.54) is 18.2 Å². The summed E-state index contributed by atoms with van der Waals surface area (Å²) in [6, 6.07) is 9.32.